The number of carbonyl (C=O) groups is 1. The maximum absolute atomic E-state index is 12.6. The van der Waals surface area contributed by atoms with E-state index >= 15 is 0 Å². The number of carbonyl (C=O) groups excluding carboxylic acids is 1. The van der Waals surface area contributed by atoms with E-state index in [9.17, 15) is 27.5 Å². The highest BCUT2D eigenvalue weighted by molar-refractivity contribution is 5.68. The van der Waals surface area contributed by atoms with Gasteiger partial charge in [-0.15, -0.1) is 0 Å². The van der Waals surface area contributed by atoms with Crippen LogP contribution in [0.5, 0.6) is 0 Å². The molecule has 0 fully saturated rings. The molecule has 0 aliphatic heterocycles. The molecule has 6 heteroatoms. The summed E-state index contributed by atoms with van der Waals surface area (Å²) in [4.78, 5) is 10.2. The van der Waals surface area contributed by atoms with E-state index in [1.807, 2.05) is 0 Å². The lowest BCUT2D eigenvalue weighted by Gasteiger charge is -2.12. The van der Waals surface area contributed by atoms with Crippen LogP contribution < -0.4 is 5.11 Å². The Labute approximate surface area is 82.1 Å². The molecule has 0 radical (unpaired) electrons. The van der Waals surface area contributed by atoms with Crippen LogP contribution in [0.1, 0.15) is 11.1 Å². The molecule has 0 amide bonds. The van der Waals surface area contributed by atoms with E-state index < -0.39 is 35.5 Å². The van der Waals surface area contributed by atoms with Gasteiger partial charge < -0.3 is 9.90 Å². The van der Waals surface area contributed by atoms with Crippen LogP contribution in [0.2, 0.25) is 0 Å². The first kappa shape index (κ1) is 11.5. The Balaban J connectivity index is 3.20. The Morgan fingerprint density at radius 3 is 2.40 bits per heavy atom. The highest BCUT2D eigenvalue weighted by Gasteiger charge is 2.33. The zero-order chi connectivity index (χ0) is 11.6. The summed E-state index contributed by atoms with van der Waals surface area (Å²) in [6.45, 7) is 0. The third-order valence-corrected chi connectivity index (χ3v) is 1.71. The minimum absolute atomic E-state index is 0.508. The zero-order valence-corrected chi connectivity index (χ0v) is 7.27. The summed E-state index contributed by atoms with van der Waals surface area (Å²) in [7, 11) is 0. The van der Waals surface area contributed by atoms with Crippen molar-refractivity contribution in [2.75, 3.05) is 0 Å². The minimum atomic E-state index is -4.70. The maximum atomic E-state index is 12.6. The minimum Gasteiger partial charge on any atom is -0.550 e. The number of carboxylic acid groups (broad SMARTS) is 1. The number of aliphatic carboxylic acids is 1. The van der Waals surface area contributed by atoms with Gasteiger partial charge in [0.2, 0.25) is 0 Å². The summed E-state index contributed by atoms with van der Waals surface area (Å²) in [5.74, 6) is -2.61. The van der Waals surface area contributed by atoms with Gasteiger partial charge in [0.25, 0.3) is 0 Å². The van der Waals surface area contributed by atoms with Crippen LogP contribution in [0, 0.1) is 5.82 Å². The Bertz CT molecular complexity index is 384. The molecule has 0 N–H and O–H groups in total. The predicted molar refractivity (Wildman–Crippen MR) is 40.1 cm³/mol. The van der Waals surface area contributed by atoms with Gasteiger partial charge in [-0.05, 0) is 23.8 Å². The van der Waals surface area contributed by atoms with Crippen molar-refractivity contribution in [1.29, 1.82) is 0 Å². The van der Waals surface area contributed by atoms with Gasteiger partial charge in [0, 0.05) is 12.4 Å². The second-order valence-electron chi connectivity index (χ2n) is 2.85. The molecule has 0 heterocycles. The smallest absolute Gasteiger partial charge is 0.416 e. The molecule has 0 aromatic heterocycles. The summed E-state index contributed by atoms with van der Waals surface area (Å²) < 4.78 is 49.5. The molecule has 0 spiro atoms. The van der Waals surface area contributed by atoms with Crippen LogP contribution in [-0.4, -0.2) is 5.97 Å². The highest BCUT2D eigenvalue weighted by Crippen LogP contribution is 2.32. The van der Waals surface area contributed by atoms with Gasteiger partial charge in [0.15, 0.2) is 0 Å². The molecule has 0 saturated carbocycles. The largest absolute Gasteiger partial charge is 0.550 e. The maximum Gasteiger partial charge on any atom is 0.416 e. The number of halogens is 4. The number of hydrogen-bond acceptors (Lipinski definition) is 2. The zero-order valence-electron chi connectivity index (χ0n) is 7.27. The lowest BCUT2D eigenvalue weighted by atomic mass is 10.0. The van der Waals surface area contributed by atoms with Crippen LogP contribution in [0.3, 0.4) is 0 Å². The quantitative estimate of drug-likeness (QED) is 0.702. The Morgan fingerprint density at radius 2 is 1.93 bits per heavy atom. The van der Waals surface area contributed by atoms with Crippen LogP contribution >= 0.6 is 0 Å². The second-order valence-corrected chi connectivity index (χ2v) is 2.85. The monoisotopic (exact) mass is 221 g/mol. The Kier molecular flexibility index (Phi) is 2.97. The van der Waals surface area contributed by atoms with Crippen LogP contribution in [0.25, 0.3) is 0 Å². The molecule has 15 heavy (non-hydrogen) atoms. The fourth-order valence-electron chi connectivity index (χ4n) is 1.14. The van der Waals surface area contributed by atoms with Crippen molar-refractivity contribution in [1.82, 2.24) is 0 Å². The fraction of sp³-hybridized carbons (Fsp3) is 0.222. The summed E-state index contributed by atoms with van der Waals surface area (Å²) in [5, 5.41) is 10.2. The van der Waals surface area contributed by atoms with Gasteiger partial charge in [-0.25, -0.2) is 4.39 Å². The predicted octanol–water partition coefficient (Wildman–Crippen LogP) is 1.14. The van der Waals surface area contributed by atoms with Crippen molar-refractivity contribution in [3.05, 3.63) is 35.1 Å². The topological polar surface area (TPSA) is 40.1 Å². The summed E-state index contributed by atoms with van der Waals surface area (Å²) >= 11 is 0. The van der Waals surface area contributed by atoms with Crippen molar-refractivity contribution in [2.45, 2.75) is 12.6 Å². The van der Waals surface area contributed by atoms with Crippen molar-refractivity contribution in [3.63, 3.8) is 0 Å². The number of hydrogen-bond donors (Lipinski definition) is 0. The van der Waals surface area contributed by atoms with E-state index in [0.717, 1.165) is 0 Å². The summed E-state index contributed by atoms with van der Waals surface area (Å²) in [5.41, 5.74) is -1.80. The number of carboxylic acids is 1. The molecule has 0 bridgehead atoms. The third-order valence-electron chi connectivity index (χ3n) is 1.71. The van der Waals surface area contributed by atoms with E-state index in [1.165, 1.54) is 0 Å². The van der Waals surface area contributed by atoms with E-state index in [2.05, 4.69) is 0 Å². The third kappa shape index (κ3) is 2.93. The second kappa shape index (κ2) is 3.88. The molecule has 82 valence electrons. The van der Waals surface area contributed by atoms with Gasteiger partial charge in [-0.1, -0.05) is 0 Å². The Hall–Kier alpha value is -1.59. The van der Waals surface area contributed by atoms with Crippen molar-refractivity contribution in [2.24, 2.45) is 0 Å². The van der Waals surface area contributed by atoms with Crippen molar-refractivity contribution in [3.8, 4) is 0 Å². The molecule has 0 aliphatic rings. The highest BCUT2D eigenvalue weighted by atomic mass is 19.4. The average molecular weight is 221 g/mol. The van der Waals surface area contributed by atoms with Gasteiger partial charge in [0.05, 0.1) is 5.56 Å². The first-order chi connectivity index (χ1) is 6.80. The van der Waals surface area contributed by atoms with Crippen molar-refractivity contribution >= 4 is 5.97 Å². The molecular weight excluding hydrogens is 216 g/mol. The van der Waals surface area contributed by atoms with E-state index in [1.54, 1.807) is 0 Å². The molecule has 1 rings (SSSR count). The molecule has 1 aromatic carbocycles. The molecular formula is C9H5F4O2-. The van der Waals surface area contributed by atoms with E-state index in [0.29, 0.717) is 18.2 Å². The summed E-state index contributed by atoms with van der Waals surface area (Å²) in [6, 6.07) is 1.67. The SMILES string of the molecule is O=C([O-])Cc1cc(F)ccc1C(F)(F)F. The fourth-order valence-corrected chi connectivity index (χ4v) is 1.14. The first-order valence-electron chi connectivity index (χ1n) is 3.86. The van der Waals surface area contributed by atoms with Crippen molar-refractivity contribution < 1.29 is 27.5 Å². The number of alkyl halides is 3. The average Bonchev–Trinajstić information content (AvgIpc) is 1.99. The molecule has 1 aromatic rings. The van der Waals surface area contributed by atoms with Gasteiger partial charge in [0.1, 0.15) is 5.82 Å². The standard InChI is InChI=1S/C9H6F4O2/c10-6-1-2-7(9(11,12)13)5(3-6)4-8(14)15/h1-3H,4H2,(H,14,15)/p-1. The van der Waals surface area contributed by atoms with Gasteiger partial charge >= 0.3 is 6.18 Å². The van der Waals surface area contributed by atoms with Crippen LogP contribution in [0.4, 0.5) is 17.6 Å². The van der Waals surface area contributed by atoms with Gasteiger partial charge in [-0.2, -0.15) is 13.2 Å². The van der Waals surface area contributed by atoms with Crippen LogP contribution in [-0.2, 0) is 17.4 Å². The number of rotatable bonds is 2. The lowest BCUT2D eigenvalue weighted by Crippen LogP contribution is -2.26. The molecule has 0 saturated heterocycles. The molecule has 2 nitrogen and oxygen atoms in total. The Morgan fingerprint density at radius 1 is 1.33 bits per heavy atom. The normalized spacial score (nSPS) is 11.5. The van der Waals surface area contributed by atoms with Crippen LogP contribution in [0.15, 0.2) is 18.2 Å². The van der Waals surface area contributed by atoms with E-state index in [4.69, 9.17) is 0 Å². The summed E-state index contributed by atoms with van der Waals surface area (Å²) in [6.07, 6.45) is -5.66. The van der Waals surface area contributed by atoms with E-state index in [-0.39, 0.29) is 0 Å². The first-order valence-corrected chi connectivity index (χ1v) is 3.86. The number of benzene rings is 1. The molecule has 0 aliphatic carbocycles. The van der Waals surface area contributed by atoms with Gasteiger partial charge in [-0.3, -0.25) is 0 Å². The molecule has 0 atom stereocenters. The molecule has 0 unspecified atom stereocenters. The lowest BCUT2D eigenvalue weighted by molar-refractivity contribution is -0.304.